The third-order valence-electron chi connectivity index (χ3n) is 2.87. The number of rotatable bonds is 5. The van der Waals surface area contributed by atoms with Crippen molar-refractivity contribution in [2.45, 2.75) is 26.5 Å². The number of benzene rings is 1. The zero-order chi connectivity index (χ0) is 13.0. The highest BCUT2D eigenvalue weighted by atomic mass is 16.4. The Morgan fingerprint density at radius 3 is 2.61 bits per heavy atom. The van der Waals surface area contributed by atoms with Gasteiger partial charge in [0.05, 0.1) is 18.3 Å². The number of nitrogens with zero attached hydrogens (tertiary/aromatic N) is 1. The molecule has 0 bridgehead atoms. The van der Waals surface area contributed by atoms with Crippen LogP contribution in [0.3, 0.4) is 0 Å². The molecule has 0 radical (unpaired) electrons. The van der Waals surface area contributed by atoms with Crippen molar-refractivity contribution >= 4 is 0 Å². The van der Waals surface area contributed by atoms with E-state index in [0.29, 0.717) is 19.0 Å². The summed E-state index contributed by atoms with van der Waals surface area (Å²) in [5.74, 6) is 1.50. The van der Waals surface area contributed by atoms with Crippen molar-refractivity contribution in [3.8, 4) is 0 Å². The van der Waals surface area contributed by atoms with Crippen molar-refractivity contribution in [2.75, 3.05) is 6.54 Å². The first-order valence-corrected chi connectivity index (χ1v) is 6.03. The molecule has 2 rings (SSSR count). The molecule has 0 aliphatic rings. The Labute approximate surface area is 107 Å². The van der Waals surface area contributed by atoms with Crippen molar-refractivity contribution < 1.29 is 9.52 Å². The minimum Gasteiger partial charge on any atom is -0.444 e. The van der Waals surface area contributed by atoms with Crippen LogP contribution in [0.4, 0.5) is 0 Å². The second-order valence-electron chi connectivity index (χ2n) is 4.31. The summed E-state index contributed by atoms with van der Waals surface area (Å²) >= 11 is 0. The van der Waals surface area contributed by atoms with Crippen LogP contribution in [0.5, 0.6) is 0 Å². The molecule has 0 amide bonds. The van der Waals surface area contributed by atoms with E-state index in [1.807, 2.05) is 44.2 Å². The summed E-state index contributed by atoms with van der Waals surface area (Å²) in [5.41, 5.74) is 1.82. The van der Waals surface area contributed by atoms with Gasteiger partial charge in [0, 0.05) is 6.54 Å². The second kappa shape index (κ2) is 5.80. The van der Waals surface area contributed by atoms with Crippen molar-refractivity contribution in [1.82, 2.24) is 10.3 Å². The van der Waals surface area contributed by atoms with Gasteiger partial charge in [-0.2, -0.15) is 0 Å². The van der Waals surface area contributed by atoms with Gasteiger partial charge in [-0.15, -0.1) is 0 Å². The van der Waals surface area contributed by atoms with E-state index in [1.54, 1.807) is 0 Å². The van der Waals surface area contributed by atoms with Crippen LogP contribution in [0.25, 0.3) is 0 Å². The number of hydrogen-bond donors (Lipinski definition) is 2. The highest BCUT2D eigenvalue weighted by Crippen LogP contribution is 2.11. The number of aromatic nitrogens is 1. The van der Waals surface area contributed by atoms with Crippen LogP contribution in [0, 0.1) is 13.8 Å². The van der Waals surface area contributed by atoms with E-state index in [1.165, 1.54) is 0 Å². The molecule has 1 atom stereocenters. The maximum Gasteiger partial charge on any atom is 0.208 e. The maximum atomic E-state index is 9.94. The Hall–Kier alpha value is -1.65. The lowest BCUT2D eigenvalue weighted by molar-refractivity contribution is 0.173. The van der Waals surface area contributed by atoms with Gasteiger partial charge in [-0.3, -0.25) is 0 Å². The topological polar surface area (TPSA) is 58.3 Å². The molecule has 0 fully saturated rings. The molecule has 18 heavy (non-hydrogen) atoms. The second-order valence-corrected chi connectivity index (χ2v) is 4.31. The molecule has 0 saturated carbocycles. The average Bonchev–Trinajstić information content (AvgIpc) is 2.69. The molecule has 2 N–H and O–H groups in total. The largest absolute Gasteiger partial charge is 0.444 e. The minimum atomic E-state index is -0.511. The number of aliphatic hydroxyl groups is 1. The van der Waals surface area contributed by atoms with Crippen LogP contribution in [0.15, 0.2) is 34.7 Å². The molecular formula is C14H18N2O2. The third kappa shape index (κ3) is 3.18. The standard InChI is InChI=1S/C14H18N2O2/c1-10-11(2)18-14(16-10)9-15-8-13(17)12-6-4-3-5-7-12/h3-7,13,15,17H,8-9H2,1-2H3. The van der Waals surface area contributed by atoms with Crippen LogP contribution in [0.1, 0.15) is 29.0 Å². The van der Waals surface area contributed by atoms with Crippen molar-refractivity contribution in [1.29, 1.82) is 0 Å². The molecule has 1 aromatic carbocycles. The summed E-state index contributed by atoms with van der Waals surface area (Å²) in [6.45, 7) is 4.81. The summed E-state index contributed by atoms with van der Waals surface area (Å²) in [5, 5.41) is 13.1. The molecule has 0 saturated heterocycles. The molecule has 0 aliphatic carbocycles. The molecular weight excluding hydrogens is 228 g/mol. The van der Waals surface area contributed by atoms with Gasteiger partial charge in [-0.1, -0.05) is 30.3 Å². The first-order valence-electron chi connectivity index (χ1n) is 6.03. The number of oxazole rings is 1. The highest BCUT2D eigenvalue weighted by molar-refractivity contribution is 5.17. The van der Waals surface area contributed by atoms with E-state index in [2.05, 4.69) is 10.3 Å². The molecule has 1 unspecified atom stereocenters. The van der Waals surface area contributed by atoms with Gasteiger partial charge in [0.25, 0.3) is 0 Å². The van der Waals surface area contributed by atoms with E-state index in [4.69, 9.17) is 4.42 Å². The van der Waals surface area contributed by atoms with Gasteiger partial charge in [0.1, 0.15) is 5.76 Å². The zero-order valence-electron chi connectivity index (χ0n) is 10.7. The molecule has 96 valence electrons. The fourth-order valence-corrected chi connectivity index (χ4v) is 1.72. The van der Waals surface area contributed by atoms with Crippen molar-refractivity contribution in [2.24, 2.45) is 0 Å². The summed E-state index contributed by atoms with van der Waals surface area (Å²) in [4.78, 5) is 4.27. The van der Waals surface area contributed by atoms with Gasteiger partial charge in [0.15, 0.2) is 0 Å². The Kier molecular flexibility index (Phi) is 4.12. The van der Waals surface area contributed by atoms with Crippen LogP contribution >= 0.6 is 0 Å². The first kappa shape index (κ1) is 12.8. The number of nitrogens with one attached hydrogen (secondary N) is 1. The van der Waals surface area contributed by atoms with Gasteiger partial charge in [-0.05, 0) is 19.4 Å². The SMILES string of the molecule is Cc1nc(CNCC(O)c2ccccc2)oc1C. The van der Waals surface area contributed by atoms with Crippen LogP contribution in [-0.4, -0.2) is 16.6 Å². The maximum absolute atomic E-state index is 9.94. The van der Waals surface area contributed by atoms with Crippen LogP contribution in [-0.2, 0) is 6.54 Å². The van der Waals surface area contributed by atoms with Crippen molar-refractivity contribution in [3.05, 3.63) is 53.2 Å². The molecule has 2 aromatic rings. The van der Waals surface area contributed by atoms with E-state index in [-0.39, 0.29) is 0 Å². The van der Waals surface area contributed by atoms with Crippen LogP contribution < -0.4 is 5.32 Å². The quantitative estimate of drug-likeness (QED) is 0.848. The Balaban J connectivity index is 1.82. The number of aliphatic hydroxyl groups excluding tert-OH is 1. The van der Waals surface area contributed by atoms with Crippen LogP contribution in [0.2, 0.25) is 0 Å². The lowest BCUT2D eigenvalue weighted by Gasteiger charge is -2.10. The molecule has 1 aromatic heterocycles. The van der Waals surface area contributed by atoms with Gasteiger partial charge in [0.2, 0.25) is 5.89 Å². The lowest BCUT2D eigenvalue weighted by Crippen LogP contribution is -2.21. The Morgan fingerprint density at radius 1 is 1.28 bits per heavy atom. The summed E-state index contributed by atoms with van der Waals surface area (Å²) < 4.78 is 5.45. The minimum absolute atomic E-state index is 0.477. The van der Waals surface area contributed by atoms with E-state index in [9.17, 15) is 5.11 Å². The highest BCUT2D eigenvalue weighted by Gasteiger charge is 2.08. The lowest BCUT2D eigenvalue weighted by atomic mass is 10.1. The molecule has 0 spiro atoms. The zero-order valence-corrected chi connectivity index (χ0v) is 10.7. The van der Waals surface area contributed by atoms with E-state index in [0.717, 1.165) is 17.0 Å². The van der Waals surface area contributed by atoms with Gasteiger partial charge in [-0.25, -0.2) is 4.98 Å². The summed E-state index contributed by atoms with van der Waals surface area (Å²) in [7, 11) is 0. The molecule has 4 heteroatoms. The smallest absolute Gasteiger partial charge is 0.208 e. The van der Waals surface area contributed by atoms with Gasteiger partial charge < -0.3 is 14.8 Å². The molecule has 1 heterocycles. The number of hydrogen-bond acceptors (Lipinski definition) is 4. The monoisotopic (exact) mass is 246 g/mol. The van der Waals surface area contributed by atoms with E-state index < -0.39 is 6.10 Å². The predicted octanol–water partition coefficient (Wildman–Crippen LogP) is 2.11. The normalized spacial score (nSPS) is 12.6. The number of aryl methyl sites for hydroxylation is 2. The predicted molar refractivity (Wildman–Crippen MR) is 69.1 cm³/mol. The third-order valence-corrected chi connectivity index (χ3v) is 2.87. The van der Waals surface area contributed by atoms with Gasteiger partial charge >= 0.3 is 0 Å². The fourth-order valence-electron chi connectivity index (χ4n) is 1.72. The van der Waals surface area contributed by atoms with E-state index >= 15 is 0 Å². The molecule has 4 nitrogen and oxygen atoms in total. The summed E-state index contributed by atoms with van der Waals surface area (Å²) in [6.07, 6.45) is -0.511. The average molecular weight is 246 g/mol. The Morgan fingerprint density at radius 2 is 2.00 bits per heavy atom. The summed E-state index contributed by atoms with van der Waals surface area (Å²) in [6, 6.07) is 9.58. The Bertz CT molecular complexity index is 474. The first-order chi connectivity index (χ1) is 8.66. The fraction of sp³-hybridized carbons (Fsp3) is 0.357. The van der Waals surface area contributed by atoms with Crippen molar-refractivity contribution in [3.63, 3.8) is 0 Å². The molecule has 0 aliphatic heterocycles.